The van der Waals surface area contributed by atoms with Gasteiger partial charge in [0, 0.05) is 13.6 Å². The number of pyridine rings is 1. The van der Waals surface area contributed by atoms with Crippen LogP contribution in [0.3, 0.4) is 0 Å². The molecule has 0 saturated carbocycles. The molecule has 3 unspecified atom stereocenters. The Balaban J connectivity index is 1.69. The number of piperazine rings is 1. The number of anilines is 1. The summed E-state index contributed by atoms with van der Waals surface area (Å²) in [5, 5.41) is 14.6. The highest BCUT2D eigenvalue weighted by atomic mass is 19.1. The Morgan fingerprint density at radius 3 is 3.04 bits per heavy atom. The van der Waals surface area contributed by atoms with Crippen molar-refractivity contribution in [2.75, 3.05) is 18.1 Å². The van der Waals surface area contributed by atoms with Gasteiger partial charge in [-0.1, -0.05) is 0 Å². The van der Waals surface area contributed by atoms with Gasteiger partial charge in [-0.3, -0.25) is 9.58 Å². The van der Waals surface area contributed by atoms with Crippen LogP contribution in [0.15, 0.2) is 6.20 Å². The van der Waals surface area contributed by atoms with Crippen molar-refractivity contribution in [3.63, 3.8) is 0 Å². The first-order chi connectivity index (χ1) is 11.6. The van der Waals surface area contributed by atoms with Crippen molar-refractivity contribution in [1.82, 2.24) is 19.7 Å². The number of fused-ring (bicyclic) bond motifs is 5. The number of carbonyl (C=O) groups is 1. The van der Waals surface area contributed by atoms with Crippen LogP contribution >= 0.6 is 0 Å². The number of halogens is 1. The number of aryl methyl sites for hydroxylation is 1. The molecular weight excluding hydrogens is 317 g/mol. The van der Waals surface area contributed by atoms with Gasteiger partial charge in [0.05, 0.1) is 24.3 Å². The summed E-state index contributed by atoms with van der Waals surface area (Å²) in [6.07, 6.45) is 1.88. The molecule has 9 heteroatoms. The minimum atomic E-state index is -0.890. The van der Waals surface area contributed by atoms with E-state index in [1.165, 1.54) is 4.68 Å². The maximum absolute atomic E-state index is 14.2. The Kier molecular flexibility index (Phi) is 2.59. The number of hydrogen-bond donors (Lipinski definition) is 1. The highest BCUT2D eigenvalue weighted by Gasteiger charge is 2.50. The molecule has 3 aliphatic rings. The SMILES string of the molecule is Cn1nc2c3c(ncc(F)c31)OCC1C3CCC(CN21)N3C(=O)O. The molecule has 2 fully saturated rings. The van der Waals surface area contributed by atoms with E-state index in [2.05, 4.69) is 15.0 Å². The van der Waals surface area contributed by atoms with Gasteiger partial charge in [-0.15, -0.1) is 0 Å². The molecule has 2 saturated heterocycles. The Morgan fingerprint density at radius 2 is 2.25 bits per heavy atom. The highest BCUT2D eigenvalue weighted by molar-refractivity contribution is 5.95. The number of amides is 1. The predicted octanol–water partition coefficient (Wildman–Crippen LogP) is 1.20. The number of hydrogen-bond acceptors (Lipinski definition) is 5. The molecule has 8 nitrogen and oxygen atoms in total. The van der Waals surface area contributed by atoms with E-state index in [-0.39, 0.29) is 18.1 Å². The molecule has 2 aromatic heterocycles. The fraction of sp³-hybridized carbons (Fsp3) is 0.533. The zero-order chi connectivity index (χ0) is 16.6. The van der Waals surface area contributed by atoms with Gasteiger partial charge in [-0.2, -0.15) is 5.10 Å². The summed E-state index contributed by atoms with van der Waals surface area (Å²) in [6.45, 7) is 0.855. The van der Waals surface area contributed by atoms with Crippen molar-refractivity contribution in [1.29, 1.82) is 0 Å². The van der Waals surface area contributed by atoms with E-state index in [1.54, 1.807) is 11.9 Å². The summed E-state index contributed by atoms with van der Waals surface area (Å²) in [7, 11) is 1.69. The van der Waals surface area contributed by atoms with Crippen molar-refractivity contribution in [3.8, 4) is 5.88 Å². The molecule has 5 rings (SSSR count). The fourth-order valence-electron chi connectivity index (χ4n) is 4.48. The molecule has 3 atom stereocenters. The average Bonchev–Trinajstić information content (AvgIpc) is 3.01. The van der Waals surface area contributed by atoms with Crippen LogP contribution < -0.4 is 9.64 Å². The molecule has 1 amide bonds. The highest BCUT2D eigenvalue weighted by Crippen LogP contribution is 2.43. The maximum atomic E-state index is 14.2. The summed E-state index contributed by atoms with van der Waals surface area (Å²) in [5.74, 6) is 0.560. The molecule has 0 radical (unpaired) electrons. The Morgan fingerprint density at radius 1 is 1.42 bits per heavy atom. The van der Waals surface area contributed by atoms with Crippen LogP contribution in [0.1, 0.15) is 12.8 Å². The predicted molar refractivity (Wildman–Crippen MR) is 81.8 cm³/mol. The lowest BCUT2D eigenvalue weighted by Gasteiger charge is -2.44. The van der Waals surface area contributed by atoms with Crippen LogP contribution in [-0.4, -0.2) is 62.1 Å². The lowest BCUT2D eigenvalue weighted by molar-refractivity contribution is 0.0907. The third-order valence-corrected chi connectivity index (χ3v) is 5.45. The van der Waals surface area contributed by atoms with Gasteiger partial charge in [0.2, 0.25) is 5.88 Å². The van der Waals surface area contributed by atoms with Crippen LogP contribution in [0.5, 0.6) is 5.88 Å². The second kappa shape index (κ2) is 4.49. The van der Waals surface area contributed by atoms with Gasteiger partial charge < -0.3 is 14.7 Å². The van der Waals surface area contributed by atoms with E-state index >= 15 is 0 Å². The van der Waals surface area contributed by atoms with Crippen LogP contribution in [0, 0.1) is 5.82 Å². The normalized spacial score (nSPS) is 27.8. The molecule has 1 N–H and O–H groups in total. The first-order valence-electron chi connectivity index (χ1n) is 7.98. The number of nitrogens with zero attached hydrogens (tertiary/aromatic N) is 5. The Hall–Kier alpha value is -2.58. The van der Waals surface area contributed by atoms with E-state index in [9.17, 15) is 14.3 Å². The summed E-state index contributed by atoms with van der Waals surface area (Å²) >= 11 is 0. The number of carboxylic acid groups (broad SMARTS) is 1. The van der Waals surface area contributed by atoms with Crippen molar-refractivity contribution >= 4 is 22.8 Å². The van der Waals surface area contributed by atoms with Crippen molar-refractivity contribution in [3.05, 3.63) is 12.0 Å². The lowest BCUT2D eigenvalue weighted by Crippen LogP contribution is -2.62. The molecule has 0 aliphatic carbocycles. The van der Waals surface area contributed by atoms with Crippen LogP contribution in [-0.2, 0) is 7.05 Å². The van der Waals surface area contributed by atoms with E-state index in [0.29, 0.717) is 35.8 Å². The second-order valence-electron chi connectivity index (χ2n) is 6.60. The first kappa shape index (κ1) is 13.8. The van der Waals surface area contributed by atoms with E-state index in [1.807, 2.05) is 0 Å². The molecule has 0 spiro atoms. The minimum Gasteiger partial charge on any atom is -0.475 e. The van der Waals surface area contributed by atoms with Crippen molar-refractivity contribution in [2.24, 2.45) is 7.05 Å². The summed E-state index contributed by atoms with van der Waals surface area (Å²) in [4.78, 5) is 19.3. The van der Waals surface area contributed by atoms with E-state index in [0.717, 1.165) is 19.0 Å². The Bertz CT molecular complexity index is 868. The first-order valence-corrected chi connectivity index (χ1v) is 7.98. The minimum absolute atomic E-state index is 0.0659. The fourth-order valence-corrected chi connectivity index (χ4v) is 4.48. The van der Waals surface area contributed by atoms with Crippen LogP contribution in [0.2, 0.25) is 0 Å². The second-order valence-corrected chi connectivity index (χ2v) is 6.60. The average molecular weight is 333 g/mol. The number of rotatable bonds is 0. The van der Waals surface area contributed by atoms with Gasteiger partial charge in [-0.05, 0) is 12.8 Å². The molecular formula is C15H16FN5O3. The van der Waals surface area contributed by atoms with Gasteiger partial charge in [0.25, 0.3) is 0 Å². The van der Waals surface area contributed by atoms with Crippen LogP contribution in [0.4, 0.5) is 15.0 Å². The summed E-state index contributed by atoms with van der Waals surface area (Å²) < 4.78 is 21.6. The molecule has 3 aliphatic heterocycles. The van der Waals surface area contributed by atoms with E-state index in [4.69, 9.17) is 4.74 Å². The van der Waals surface area contributed by atoms with E-state index < -0.39 is 11.9 Å². The lowest BCUT2D eigenvalue weighted by atomic mass is 10.0. The van der Waals surface area contributed by atoms with Crippen LogP contribution in [0.25, 0.3) is 10.9 Å². The zero-order valence-electron chi connectivity index (χ0n) is 13.0. The van der Waals surface area contributed by atoms with Gasteiger partial charge >= 0.3 is 6.09 Å². The maximum Gasteiger partial charge on any atom is 0.407 e. The molecule has 2 bridgehead atoms. The number of aromatic nitrogens is 3. The smallest absolute Gasteiger partial charge is 0.407 e. The third-order valence-electron chi connectivity index (χ3n) is 5.45. The number of ether oxygens (including phenoxy) is 1. The molecule has 0 aromatic carbocycles. The summed E-state index contributed by atoms with van der Waals surface area (Å²) in [5.41, 5.74) is 0.365. The van der Waals surface area contributed by atoms with Crippen molar-refractivity contribution in [2.45, 2.75) is 31.0 Å². The zero-order valence-corrected chi connectivity index (χ0v) is 13.0. The third kappa shape index (κ3) is 1.59. The quantitative estimate of drug-likeness (QED) is 0.780. The topological polar surface area (TPSA) is 83.7 Å². The largest absolute Gasteiger partial charge is 0.475 e. The molecule has 24 heavy (non-hydrogen) atoms. The van der Waals surface area contributed by atoms with Gasteiger partial charge in [-0.25, -0.2) is 14.2 Å². The molecule has 126 valence electrons. The molecule has 2 aromatic rings. The monoisotopic (exact) mass is 333 g/mol. The standard InChI is InChI=1S/C15H16FN5O3/c1-19-12-8(16)4-17-14-11(12)13(18-19)20-5-7-2-3-9(10(20)6-24-14)21(7)15(22)23/h4,7,9-10H,2-3,5-6H2,1H3,(H,22,23). The van der Waals surface area contributed by atoms with Gasteiger partial charge in [0.1, 0.15) is 17.5 Å². The molecule has 5 heterocycles. The van der Waals surface area contributed by atoms with Crippen molar-refractivity contribution < 1.29 is 19.0 Å². The Labute approximate surface area is 136 Å². The van der Waals surface area contributed by atoms with Gasteiger partial charge in [0.15, 0.2) is 11.6 Å². The summed E-state index contributed by atoms with van der Waals surface area (Å²) in [6, 6.07) is -0.350.